The minimum absolute atomic E-state index is 0. The number of amides is 1. The Kier molecular flexibility index (Phi) is 9.73. The molecule has 0 radical (unpaired) electrons. The van der Waals surface area contributed by atoms with Gasteiger partial charge in [-0.2, -0.15) is 0 Å². The van der Waals surface area contributed by atoms with E-state index in [9.17, 15) is 9.90 Å². The van der Waals surface area contributed by atoms with Gasteiger partial charge in [-0.3, -0.25) is 14.8 Å². The number of likely N-dealkylation sites (tertiary alicyclic amines) is 1. The standard InChI is InChI=1S/C17H27N5O2.HI/c1-2-20-17(21-11-15(23)14-5-7-19-8-6-14)22-9-3-4-13(12-22)10-16(18)24;/h5-8,13,15,23H,2-4,9-12H2,1H3,(H2,18,24)(H,20,21);1H. The molecule has 0 bridgehead atoms. The van der Waals surface area contributed by atoms with E-state index in [1.54, 1.807) is 24.5 Å². The third-order valence-electron chi connectivity index (χ3n) is 4.15. The lowest BCUT2D eigenvalue weighted by atomic mass is 9.95. The van der Waals surface area contributed by atoms with Gasteiger partial charge in [0.15, 0.2) is 5.96 Å². The molecule has 1 fully saturated rings. The van der Waals surface area contributed by atoms with Gasteiger partial charge in [0.05, 0.1) is 12.6 Å². The molecule has 2 unspecified atom stereocenters. The van der Waals surface area contributed by atoms with E-state index in [0.29, 0.717) is 6.42 Å². The predicted octanol–water partition coefficient (Wildman–Crippen LogP) is 1.29. The van der Waals surface area contributed by atoms with Crippen molar-refractivity contribution in [1.29, 1.82) is 0 Å². The van der Waals surface area contributed by atoms with E-state index < -0.39 is 6.10 Å². The number of aliphatic hydroxyl groups is 1. The second kappa shape index (κ2) is 11.2. The van der Waals surface area contributed by atoms with E-state index >= 15 is 0 Å². The molecular weight excluding hydrogens is 433 g/mol. The molecule has 2 atom stereocenters. The van der Waals surface area contributed by atoms with E-state index in [1.165, 1.54) is 0 Å². The van der Waals surface area contributed by atoms with Gasteiger partial charge in [-0.1, -0.05) is 0 Å². The van der Waals surface area contributed by atoms with Gasteiger partial charge >= 0.3 is 0 Å². The molecule has 0 aliphatic carbocycles. The van der Waals surface area contributed by atoms with E-state index in [4.69, 9.17) is 5.73 Å². The lowest BCUT2D eigenvalue weighted by Crippen LogP contribution is -2.47. The monoisotopic (exact) mass is 461 g/mol. The summed E-state index contributed by atoms with van der Waals surface area (Å²) < 4.78 is 0. The number of pyridine rings is 1. The lowest BCUT2D eigenvalue weighted by molar-refractivity contribution is -0.119. The summed E-state index contributed by atoms with van der Waals surface area (Å²) in [5.74, 6) is 0.793. The molecule has 1 saturated heterocycles. The fourth-order valence-electron chi connectivity index (χ4n) is 3.00. The summed E-state index contributed by atoms with van der Waals surface area (Å²) in [4.78, 5) is 21.8. The molecule has 0 spiro atoms. The number of aromatic nitrogens is 1. The van der Waals surface area contributed by atoms with E-state index in [1.807, 2.05) is 6.92 Å². The second-order valence-electron chi connectivity index (χ2n) is 6.12. The van der Waals surface area contributed by atoms with Crippen LogP contribution in [-0.4, -0.2) is 53.0 Å². The lowest BCUT2D eigenvalue weighted by Gasteiger charge is -2.34. The Balaban J connectivity index is 0.00000312. The van der Waals surface area contributed by atoms with Crippen LogP contribution in [0.2, 0.25) is 0 Å². The number of aliphatic hydroxyl groups excluding tert-OH is 1. The number of nitrogens with two attached hydrogens (primary N) is 1. The summed E-state index contributed by atoms with van der Waals surface area (Å²) in [5.41, 5.74) is 6.13. The number of nitrogens with zero attached hydrogens (tertiary/aromatic N) is 3. The van der Waals surface area contributed by atoms with Crippen molar-refractivity contribution in [1.82, 2.24) is 15.2 Å². The highest BCUT2D eigenvalue weighted by atomic mass is 127. The van der Waals surface area contributed by atoms with E-state index in [-0.39, 0.29) is 42.3 Å². The SMILES string of the molecule is CCNC(=NCC(O)c1ccncc1)N1CCCC(CC(N)=O)C1.I. The Morgan fingerprint density at radius 1 is 1.52 bits per heavy atom. The first kappa shape index (κ1) is 21.6. The topological polar surface area (TPSA) is 104 Å². The Bertz CT molecular complexity index is 555. The average molecular weight is 461 g/mol. The number of carbonyl (C=O) groups is 1. The maximum atomic E-state index is 11.2. The molecule has 140 valence electrons. The quantitative estimate of drug-likeness (QED) is 0.337. The van der Waals surface area contributed by atoms with Crippen LogP contribution in [0.15, 0.2) is 29.5 Å². The first-order chi connectivity index (χ1) is 11.6. The van der Waals surface area contributed by atoms with Gasteiger partial charge in [-0.25, -0.2) is 0 Å². The van der Waals surface area contributed by atoms with E-state index in [2.05, 4.69) is 20.2 Å². The minimum Gasteiger partial charge on any atom is -0.386 e. The van der Waals surface area contributed by atoms with Crippen LogP contribution in [0.4, 0.5) is 0 Å². The van der Waals surface area contributed by atoms with Gasteiger partial charge in [0, 0.05) is 38.4 Å². The van der Waals surface area contributed by atoms with Gasteiger partial charge in [0.2, 0.25) is 5.91 Å². The number of nitrogens with one attached hydrogen (secondary N) is 1. The minimum atomic E-state index is -0.659. The number of carbonyl (C=O) groups excluding carboxylic acids is 1. The van der Waals surface area contributed by atoms with Crippen LogP contribution < -0.4 is 11.1 Å². The number of rotatable bonds is 6. The Hall–Kier alpha value is -1.42. The summed E-state index contributed by atoms with van der Waals surface area (Å²) in [6, 6.07) is 3.58. The van der Waals surface area contributed by atoms with Crippen LogP contribution >= 0.6 is 24.0 Å². The molecule has 0 aromatic carbocycles. The van der Waals surface area contributed by atoms with Crippen molar-refractivity contribution in [3.63, 3.8) is 0 Å². The van der Waals surface area contributed by atoms with Crippen LogP contribution in [0.1, 0.15) is 37.9 Å². The number of piperidine rings is 1. The summed E-state index contributed by atoms with van der Waals surface area (Å²) >= 11 is 0. The van der Waals surface area contributed by atoms with E-state index in [0.717, 1.165) is 44.0 Å². The molecule has 1 aromatic heterocycles. The van der Waals surface area contributed by atoms with Crippen LogP contribution in [0.3, 0.4) is 0 Å². The van der Waals surface area contributed by atoms with Crippen molar-refractivity contribution in [3.05, 3.63) is 30.1 Å². The molecule has 2 rings (SSSR count). The molecule has 1 aliphatic heterocycles. The van der Waals surface area contributed by atoms with Gasteiger partial charge in [0.1, 0.15) is 0 Å². The van der Waals surface area contributed by atoms with Gasteiger partial charge < -0.3 is 21.1 Å². The highest BCUT2D eigenvalue weighted by Gasteiger charge is 2.23. The zero-order valence-corrected chi connectivity index (χ0v) is 16.9. The first-order valence-corrected chi connectivity index (χ1v) is 8.49. The number of aliphatic imine (C=N–C) groups is 1. The number of hydrogen-bond acceptors (Lipinski definition) is 4. The van der Waals surface area contributed by atoms with Crippen LogP contribution in [0, 0.1) is 5.92 Å². The molecule has 2 heterocycles. The van der Waals surface area contributed by atoms with Crippen LogP contribution in [-0.2, 0) is 4.79 Å². The number of primary amides is 1. The third-order valence-corrected chi connectivity index (χ3v) is 4.15. The van der Waals surface area contributed by atoms with Crippen molar-refractivity contribution in [3.8, 4) is 0 Å². The van der Waals surface area contributed by atoms with Crippen molar-refractivity contribution in [2.24, 2.45) is 16.6 Å². The molecule has 1 amide bonds. The van der Waals surface area contributed by atoms with Crippen LogP contribution in [0.5, 0.6) is 0 Å². The normalized spacial score (nSPS) is 19.0. The summed E-state index contributed by atoms with van der Waals surface area (Å²) in [5, 5.41) is 13.5. The van der Waals surface area contributed by atoms with Crippen molar-refractivity contribution in [2.75, 3.05) is 26.2 Å². The Morgan fingerprint density at radius 2 is 2.24 bits per heavy atom. The first-order valence-electron chi connectivity index (χ1n) is 8.49. The van der Waals surface area contributed by atoms with Gasteiger partial charge in [0.25, 0.3) is 0 Å². The zero-order valence-electron chi connectivity index (χ0n) is 14.6. The van der Waals surface area contributed by atoms with Crippen molar-refractivity contribution in [2.45, 2.75) is 32.3 Å². The maximum absolute atomic E-state index is 11.2. The van der Waals surface area contributed by atoms with Gasteiger partial charge in [-0.15, -0.1) is 24.0 Å². The predicted molar refractivity (Wildman–Crippen MR) is 109 cm³/mol. The molecule has 0 saturated carbocycles. The number of halogens is 1. The smallest absolute Gasteiger partial charge is 0.217 e. The third kappa shape index (κ3) is 7.15. The fraction of sp³-hybridized carbons (Fsp3) is 0.588. The average Bonchev–Trinajstić information content (AvgIpc) is 2.58. The molecule has 1 aliphatic rings. The number of hydrogen-bond donors (Lipinski definition) is 3. The molecular formula is C17H28IN5O2. The summed E-state index contributed by atoms with van der Waals surface area (Å²) in [7, 11) is 0. The van der Waals surface area contributed by atoms with Crippen molar-refractivity contribution >= 4 is 35.8 Å². The second-order valence-corrected chi connectivity index (χ2v) is 6.12. The Morgan fingerprint density at radius 3 is 2.88 bits per heavy atom. The van der Waals surface area contributed by atoms with Crippen LogP contribution in [0.25, 0.3) is 0 Å². The van der Waals surface area contributed by atoms with Crippen molar-refractivity contribution < 1.29 is 9.90 Å². The molecule has 1 aromatic rings. The largest absolute Gasteiger partial charge is 0.386 e. The molecule has 4 N–H and O–H groups in total. The zero-order chi connectivity index (χ0) is 17.4. The summed E-state index contributed by atoms with van der Waals surface area (Å²) in [6.07, 6.45) is 5.09. The van der Waals surface area contributed by atoms with Gasteiger partial charge in [-0.05, 0) is 43.4 Å². The molecule has 25 heavy (non-hydrogen) atoms. The highest BCUT2D eigenvalue weighted by Crippen LogP contribution is 2.20. The Labute approximate surface area is 166 Å². The molecule has 8 heteroatoms. The molecule has 7 nitrogen and oxygen atoms in total. The maximum Gasteiger partial charge on any atom is 0.217 e. The summed E-state index contributed by atoms with van der Waals surface area (Å²) in [6.45, 7) is 4.71. The number of guanidine groups is 1. The fourth-order valence-corrected chi connectivity index (χ4v) is 3.00. The highest BCUT2D eigenvalue weighted by molar-refractivity contribution is 14.0.